The number of amides is 2. The van der Waals surface area contributed by atoms with Crippen molar-refractivity contribution in [1.29, 1.82) is 0 Å². The van der Waals surface area contributed by atoms with Crippen LogP contribution in [0.3, 0.4) is 0 Å². The van der Waals surface area contributed by atoms with Gasteiger partial charge in [-0.05, 0) is 71.4 Å². The average Bonchev–Trinajstić information content (AvgIpc) is 3.02. The van der Waals surface area contributed by atoms with Crippen molar-refractivity contribution in [3.63, 3.8) is 0 Å². The third kappa shape index (κ3) is 6.31. The van der Waals surface area contributed by atoms with Gasteiger partial charge in [0.05, 0.1) is 22.6 Å². The number of esters is 1. The molecule has 1 saturated heterocycles. The van der Waals surface area contributed by atoms with E-state index in [9.17, 15) is 14.4 Å². The molecule has 1 aliphatic heterocycles. The summed E-state index contributed by atoms with van der Waals surface area (Å²) < 4.78 is 17.2. The highest BCUT2D eigenvalue weighted by molar-refractivity contribution is 9.10. The Labute approximate surface area is 209 Å². The second kappa shape index (κ2) is 11.6. The van der Waals surface area contributed by atoms with Crippen LogP contribution in [0.1, 0.15) is 25.0 Å². The van der Waals surface area contributed by atoms with Gasteiger partial charge in [-0.25, -0.2) is 0 Å². The van der Waals surface area contributed by atoms with Crippen molar-refractivity contribution in [2.24, 2.45) is 0 Å². The van der Waals surface area contributed by atoms with Gasteiger partial charge in [0.1, 0.15) is 13.2 Å². The summed E-state index contributed by atoms with van der Waals surface area (Å²) in [6.45, 7) is 3.89. The summed E-state index contributed by atoms with van der Waals surface area (Å²) in [5.74, 6) is -0.228. The number of carbonyl (C=O) groups excluding carboxylic acids is 3. The minimum Gasteiger partial charge on any atom is -0.490 e. The van der Waals surface area contributed by atoms with Crippen LogP contribution in [-0.4, -0.2) is 41.8 Å². The molecule has 0 N–H and O–H groups in total. The molecule has 10 heteroatoms. The van der Waals surface area contributed by atoms with Crippen LogP contribution in [-0.2, 0) is 20.9 Å². The number of thioether (sulfide) groups is 1. The molecule has 0 radical (unpaired) electrons. The second-order valence-electron chi connectivity index (χ2n) is 6.72. The molecule has 0 atom stereocenters. The number of ether oxygens (including phenoxy) is 3. The lowest BCUT2D eigenvalue weighted by Crippen LogP contribution is -2.34. The maximum atomic E-state index is 12.6. The first-order valence-electron chi connectivity index (χ1n) is 10.1. The van der Waals surface area contributed by atoms with Gasteiger partial charge in [-0.1, -0.05) is 29.8 Å². The van der Waals surface area contributed by atoms with E-state index in [1.54, 1.807) is 31.2 Å². The number of rotatable bonds is 9. The Bertz CT molecular complexity index is 1110. The van der Waals surface area contributed by atoms with Crippen molar-refractivity contribution in [2.45, 2.75) is 20.5 Å². The van der Waals surface area contributed by atoms with Gasteiger partial charge in [-0.15, -0.1) is 0 Å². The van der Waals surface area contributed by atoms with Crippen molar-refractivity contribution in [2.75, 3.05) is 19.8 Å². The van der Waals surface area contributed by atoms with Crippen LogP contribution in [0.2, 0.25) is 5.02 Å². The maximum absolute atomic E-state index is 12.6. The zero-order valence-electron chi connectivity index (χ0n) is 17.9. The molecule has 1 fully saturated rings. The van der Waals surface area contributed by atoms with E-state index in [0.717, 1.165) is 22.2 Å². The molecule has 33 heavy (non-hydrogen) atoms. The number of benzene rings is 2. The normalized spacial score (nSPS) is 14.7. The van der Waals surface area contributed by atoms with E-state index in [2.05, 4.69) is 15.9 Å². The molecule has 2 aromatic rings. The van der Waals surface area contributed by atoms with Gasteiger partial charge in [-0.2, -0.15) is 0 Å². The lowest BCUT2D eigenvalue weighted by molar-refractivity contribution is -0.145. The third-order valence-corrected chi connectivity index (χ3v) is 6.29. The number of carbonyl (C=O) groups is 3. The highest BCUT2D eigenvalue weighted by Gasteiger charge is 2.36. The van der Waals surface area contributed by atoms with Gasteiger partial charge < -0.3 is 14.2 Å². The predicted molar refractivity (Wildman–Crippen MR) is 130 cm³/mol. The van der Waals surface area contributed by atoms with E-state index in [0.29, 0.717) is 33.2 Å². The number of nitrogens with zero attached hydrogens (tertiary/aromatic N) is 1. The molecule has 174 valence electrons. The van der Waals surface area contributed by atoms with Crippen molar-refractivity contribution in [3.8, 4) is 11.5 Å². The molecule has 3 rings (SSSR count). The topological polar surface area (TPSA) is 82.1 Å². The summed E-state index contributed by atoms with van der Waals surface area (Å²) in [4.78, 5) is 37.6. The van der Waals surface area contributed by atoms with Crippen LogP contribution in [0.15, 0.2) is 45.8 Å². The van der Waals surface area contributed by atoms with Crippen LogP contribution in [0.25, 0.3) is 6.08 Å². The fraction of sp³-hybridized carbons (Fsp3) is 0.261. The van der Waals surface area contributed by atoms with E-state index in [1.807, 2.05) is 25.1 Å². The van der Waals surface area contributed by atoms with Crippen molar-refractivity contribution in [3.05, 3.63) is 61.9 Å². The quantitative estimate of drug-likeness (QED) is 0.291. The minimum absolute atomic E-state index is 0.171. The van der Waals surface area contributed by atoms with Gasteiger partial charge in [0.25, 0.3) is 11.1 Å². The Balaban J connectivity index is 1.83. The van der Waals surface area contributed by atoms with Gasteiger partial charge in [-0.3, -0.25) is 19.3 Å². The Hall–Kier alpha value is -2.49. The van der Waals surface area contributed by atoms with Crippen molar-refractivity contribution >= 4 is 62.5 Å². The lowest BCUT2D eigenvalue weighted by Gasteiger charge is -2.15. The molecule has 2 amide bonds. The van der Waals surface area contributed by atoms with E-state index in [4.69, 9.17) is 25.8 Å². The molecule has 1 heterocycles. The average molecular weight is 555 g/mol. The molecule has 0 saturated carbocycles. The Morgan fingerprint density at radius 1 is 1.15 bits per heavy atom. The Kier molecular flexibility index (Phi) is 8.82. The van der Waals surface area contributed by atoms with E-state index < -0.39 is 23.7 Å². The second-order valence-corrected chi connectivity index (χ2v) is 8.97. The zero-order valence-corrected chi connectivity index (χ0v) is 21.1. The summed E-state index contributed by atoms with van der Waals surface area (Å²) >= 11 is 10.5. The fourth-order valence-electron chi connectivity index (χ4n) is 2.96. The van der Waals surface area contributed by atoms with Gasteiger partial charge >= 0.3 is 5.97 Å². The van der Waals surface area contributed by atoms with E-state index in [-0.39, 0.29) is 18.1 Å². The third-order valence-electron chi connectivity index (χ3n) is 4.43. The van der Waals surface area contributed by atoms with Gasteiger partial charge in [0, 0.05) is 10.6 Å². The molecular weight excluding hydrogens is 534 g/mol. The molecule has 2 aromatic carbocycles. The number of halogens is 2. The SMILES string of the molecule is CCOC(=O)CN1C(=O)S/C(=C/c2cc(Br)c(OCc3ccccc3Cl)c(OCC)c2)C1=O. The van der Waals surface area contributed by atoms with Gasteiger partial charge in [0.2, 0.25) is 0 Å². The largest absolute Gasteiger partial charge is 0.490 e. The molecule has 0 aromatic heterocycles. The monoisotopic (exact) mass is 553 g/mol. The van der Waals surface area contributed by atoms with Crippen LogP contribution in [0, 0.1) is 0 Å². The standard InChI is InChI=1S/C23H21BrClNO6S/c1-3-30-18-10-14(9-16(24)21(18)32-13-15-7-5-6-8-17(15)25)11-19-22(28)26(23(29)33-19)12-20(27)31-4-2/h5-11H,3-4,12-13H2,1-2H3/b19-11+. The fourth-order valence-corrected chi connectivity index (χ4v) is 4.57. The Morgan fingerprint density at radius 3 is 2.61 bits per heavy atom. The molecule has 0 spiro atoms. The minimum atomic E-state index is -0.637. The molecule has 7 nitrogen and oxygen atoms in total. The lowest BCUT2D eigenvalue weighted by atomic mass is 10.1. The number of hydrogen-bond donors (Lipinski definition) is 0. The van der Waals surface area contributed by atoms with Crippen molar-refractivity contribution < 1.29 is 28.6 Å². The summed E-state index contributed by atoms with van der Waals surface area (Å²) in [6, 6.07) is 10.9. The zero-order chi connectivity index (χ0) is 24.0. The molecule has 1 aliphatic rings. The smallest absolute Gasteiger partial charge is 0.326 e. The highest BCUT2D eigenvalue weighted by Crippen LogP contribution is 2.40. The summed E-state index contributed by atoms with van der Waals surface area (Å²) in [5.41, 5.74) is 1.45. The molecule has 0 aliphatic carbocycles. The highest BCUT2D eigenvalue weighted by atomic mass is 79.9. The van der Waals surface area contributed by atoms with E-state index in [1.165, 1.54) is 0 Å². The Morgan fingerprint density at radius 2 is 1.91 bits per heavy atom. The van der Waals surface area contributed by atoms with Crippen LogP contribution >= 0.6 is 39.3 Å². The molecule has 0 bridgehead atoms. The summed E-state index contributed by atoms with van der Waals surface area (Å²) in [7, 11) is 0. The first-order valence-corrected chi connectivity index (χ1v) is 12.1. The van der Waals surface area contributed by atoms with Gasteiger partial charge in [0.15, 0.2) is 11.5 Å². The summed E-state index contributed by atoms with van der Waals surface area (Å²) in [5, 5.41) is 0.0739. The van der Waals surface area contributed by atoms with Crippen LogP contribution < -0.4 is 9.47 Å². The van der Waals surface area contributed by atoms with E-state index >= 15 is 0 Å². The first-order chi connectivity index (χ1) is 15.8. The number of hydrogen-bond acceptors (Lipinski definition) is 7. The first kappa shape index (κ1) is 25.1. The van der Waals surface area contributed by atoms with Crippen LogP contribution in [0.5, 0.6) is 11.5 Å². The number of imide groups is 1. The maximum Gasteiger partial charge on any atom is 0.326 e. The summed E-state index contributed by atoms with van der Waals surface area (Å²) in [6.07, 6.45) is 1.57. The van der Waals surface area contributed by atoms with Crippen molar-refractivity contribution in [1.82, 2.24) is 4.90 Å². The predicted octanol–water partition coefficient (Wildman–Crippen LogP) is 5.68. The van der Waals surface area contributed by atoms with Crippen LogP contribution in [0.4, 0.5) is 4.79 Å². The molecular formula is C23H21BrClNO6S. The molecule has 0 unspecified atom stereocenters.